The summed E-state index contributed by atoms with van der Waals surface area (Å²) in [5.41, 5.74) is -0.314. The predicted octanol–water partition coefficient (Wildman–Crippen LogP) is 3.22. The molecule has 0 N–H and O–H groups in total. The molecule has 0 amide bonds. The van der Waals surface area contributed by atoms with Crippen molar-refractivity contribution in [3.8, 4) is 0 Å². The zero-order valence-corrected chi connectivity index (χ0v) is 9.91. The van der Waals surface area contributed by atoms with Crippen molar-refractivity contribution in [3.63, 3.8) is 0 Å². The largest absolute Gasteiger partial charge is 0.373 e. The summed E-state index contributed by atoms with van der Waals surface area (Å²) in [5, 5.41) is 0. The standard InChI is InChI=1S/C15H14O3/c1-2-15(11-7-4-8-12-15)18-17-14(16)13-9-5-3-6-10-13/h2-11H,1,12H2. The highest BCUT2D eigenvalue weighted by atomic mass is 17.2. The SMILES string of the molecule is C=CC1(OOC(=O)c2ccccc2)C=CC=CC1. The van der Waals surface area contributed by atoms with E-state index in [0.29, 0.717) is 12.0 Å². The minimum absolute atomic E-state index is 0.451. The van der Waals surface area contributed by atoms with Crippen LogP contribution in [0.15, 0.2) is 67.3 Å². The van der Waals surface area contributed by atoms with Gasteiger partial charge in [-0.3, -0.25) is 4.89 Å². The molecule has 3 nitrogen and oxygen atoms in total. The maximum Gasteiger partial charge on any atom is 0.373 e. The Bertz CT molecular complexity index is 488. The van der Waals surface area contributed by atoms with Gasteiger partial charge in [-0.2, -0.15) is 4.89 Å². The van der Waals surface area contributed by atoms with Gasteiger partial charge in [-0.1, -0.05) is 49.1 Å². The minimum Gasteiger partial charge on any atom is -0.292 e. The molecule has 3 heteroatoms. The summed E-state index contributed by atoms with van der Waals surface area (Å²) in [5.74, 6) is -0.514. The Morgan fingerprint density at radius 1 is 1.28 bits per heavy atom. The average molecular weight is 242 g/mol. The Balaban J connectivity index is 1.99. The van der Waals surface area contributed by atoms with E-state index in [-0.39, 0.29) is 0 Å². The van der Waals surface area contributed by atoms with Crippen LogP contribution in [0.2, 0.25) is 0 Å². The number of carbonyl (C=O) groups is 1. The van der Waals surface area contributed by atoms with Crippen molar-refractivity contribution in [2.24, 2.45) is 0 Å². The molecule has 1 unspecified atom stereocenters. The Kier molecular flexibility index (Phi) is 3.75. The second-order valence-electron chi connectivity index (χ2n) is 3.97. The highest BCUT2D eigenvalue weighted by molar-refractivity contribution is 5.88. The number of rotatable bonds is 4. The summed E-state index contributed by atoms with van der Waals surface area (Å²) in [6, 6.07) is 8.70. The van der Waals surface area contributed by atoms with E-state index in [1.165, 1.54) is 0 Å². The van der Waals surface area contributed by atoms with Gasteiger partial charge in [0.25, 0.3) is 0 Å². The molecule has 0 fully saturated rings. The maximum absolute atomic E-state index is 11.7. The number of allylic oxidation sites excluding steroid dienone is 2. The smallest absolute Gasteiger partial charge is 0.292 e. The van der Waals surface area contributed by atoms with Crippen molar-refractivity contribution >= 4 is 5.97 Å². The van der Waals surface area contributed by atoms with E-state index in [4.69, 9.17) is 9.78 Å². The fourth-order valence-electron chi connectivity index (χ4n) is 1.60. The van der Waals surface area contributed by atoms with E-state index in [1.807, 2.05) is 24.3 Å². The monoisotopic (exact) mass is 242 g/mol. The lowest BCUT2D eigenvalue weighted by Crippen LogP contribution is -2.29. The summed E-state index contributed by atoms with van der Waals surface area (Å²) in [6.07, 6.45) is 9.68. The van der Waals surface area contributed by atoms with Crippen molar-refractivity contribution in [2.75, 3.05) is 0 Å². The summed E-state index contributed by atoms with van der Waals surface area (Å²) >= 11 is 0. The van der Waals surface area contributed by atoms with Crippen LogP contribution in [0.3, 0.4) is 0 Å². The van der Waals surface area contributed by atoms with Gasteiger partial charge in [-0.05, 0) is 18.2 Å². The molecule has 92 valence electrons. The molecule has 1 aliphatic carbocycles. The molecule has 1 aliphatic rings. The van der Waals surface area contributed by atoms with Gasteiger partial charge in [0, 0.05) is 6.42 Å². The van der Waals surface area contributed by atoms with E-state index in [1.54, 1.807) is 36.4 Å². The van der Waals surface area contributed by atoms with Crippen molar-refractivity contribution in [3.05, 3.63) is 72.9 Å². The third kappa shape index (κ3) is 2.76. The highest BCUT2D eigenvalue weighted by Gasteiger charge is 2.27. The summed E-state index contributed by atoms with van der Waals surface area (Å²) < 4.78 is 0. The molecule has 0 heterocycles. The maximum atomic E-state index is 11.7. The Morgan fingerprint density at radius 3 is 2.67 bits per heavy atom. The zero-order valence-electron chi connectivity index (χ0n) is 9.91. The van der Waals surface area contributed by atoms with Crippen LogP contribution in [0.1, 0.15) is 16.8 Å². The summed E-state index contributed by atoms with van der Waals surface area (Å²) in [7, 11) is 0. The fraction of sp³-hybridized carbons (Fsp3) is 0.133. The number of hydrogen-bond donors (Lipinski definition) is 0. The molecule has 0 bridgehead atoms. The van der Waals surface area contributed by atoms with Crippen LogP contribution in [0.5, 0.6) is 0 Å². The van der Waals surface area contributed by atoms with Crippen LogP contribution < -0.4 is 0 Å². The molecule has 1 aromatic carbocycles. The third-order valence-electron chi connectivity index (χ3n) is 2.69. The van der Waals surface area contributed by atoms with Crippen molar-refractivity contribution in [1.82, 2.24) is 0 Å². The number of benzene rings is 1. The first kappa shape index (κ1) is 12.3. The molecule has 0 aromatic heterocycles. The van der Waals surface area contributed by atoms with Crippen LogP contribution in [-0.2, 0) is 9.78 Å². The van der Waals surface area contributed by atoms with Crippen molar-refractivity contribution in [2.45, 2.75) is 12.0 Å². The van der Waals surface area contributed by atoms with Crippen molar-refractivity contribution < 1.29 is 14.6 Å². The normalized spacial score (nSPS) is 21.6. The molecule has 0 saturated heterocycles. The lowest BCUT2D eigenvalue weighted by Gasteiger charge is -2.25. The van der Waals surface area contributed by atoms with E-state index in [9.17, 15) is 4.79 Å². The van der Waals surface area contributed by atoms with E-state index >= 15 is 0 Å². The Hall–Kier alpha value is -2.13. The van der Waals surface area contributed by atoms with Gasteiger partial charge in [0.15, 0.2) is 5.60 Å². The van der Waals surface area contributed by atoms with Gasteiger partial charge < -0.3 is 0 Å². The lowest BCUT2D eigenvalue weighted by atomic mass is 9.96. The Labute approximate surface area is 106 Å². The first-order chi connectivity index (χ1) is 8.76. The molecular formula is C15H14O3. The van der Waals surface area contributed by atoms with Gasteiger partial charge in [0.05, 0.1) is 5.56 Å². The predicted molar refractivity (Wildman–Crippen MR) is 68.8 cm³/mol. The lowest BCUT2D eigenvalue weighted by molar-refractivity contribution is -0.287. The highest BCUT2D eigenvalue weighted by Crippen LogP contribution is 2.24. The zero-order chi connectivity index (χ0) is 12.8. The van der Waals surface area contributed by atoms with Gasteiger partial charge in [-0.25, -0.2) is 4.79 Å². The van der Waals surface area contributed by atoms with E-state index in [2.05, 4.69) is 6.58 Å². The van der Waals surface area contributed by atoms with Gasteiger partial charge in [0.1, 0.15) is 0 Å². The van der Waals surface area contributed by atoms with Crippen LogP contribution in [0.4, 0.5) is 0 Å². The Morgan fingerprint density at radius 2 is 2.06 bits per heavy atom. The van der Waals surface area contributed by atoms with E-state index < -0.39 is 11.6 Å². The number of hydrogen-bond acceptors (Lipinski definition) is 3. The summed E-state index contributed by atoms with van der Waals surface area (Å²) in [6.45, 7) is 3.71. The molecular weight excluding hydrogens is 228 g/mol. The molecule has 1 aromatic rings. The van der Waals surface area contributed by atoms with Crippen LogP contribution >= 0.6 is 0 Å². The molecule has 18 heavy (non-hydrogen) atoms. The summed E-state index contributed by atoms with van der Waals surface area (Å²) in [4.78, 5) is 21.8. The molecule has 0 spiro atoms. The molecule has 0 saturated carbocycles. The third-order valence-corrected chi connectivity index (χ3v) is 2.69. The van der Waals surface area contributed by atoms with Crippen LogP contribution in [0, 0.1) is 0 Å². The second-order valence-corrected chi connectivity index (χ2v) is 3.97. The van der Waals surface area contributed by atoms with Crippen LogP contribution in [-0.4, -0.2) is 11.6 Å². The first-order valence-electron chi connectivity index (χ1n) is 5.69. The average Bonchev–Trinajstić information content (AvgIpc) is 2.47. The minimum atomic E-state index is -0.765. The van der Waals surface area contributed by atoms with Crippen molar-refractivity contribution in [1.29, 1.82) is 0 Å². The number of carbonyl (C=O) groups excluding carboxylic acids is 1. The van der Waals surface area contributed by atoms with Gasteiger partial charge >= 0.3 is 5.97 Å². The van der Waals surface area contributed by atoms with Gasteiger partial charge in [0.2, 0.25) is 0 Å². The molecule has 2 rings (SSSR count). The van der Waals surface area contributed by atoms with E-state index in [0.717, 1.165) is 0 Å². The second kappa shape index (κ2) is 5.47. The molecule has 0 radical (unpaired) electrons. The molecule has 0 aliphatic heterocycles. The van der Waals surface area contributed by atoms with Gasteiger partial charge in [-0.15, -0.1) is 0 Å². The quantitative estimate of drug-likeness (QED) is 0.462. The topological polar surface area (TPSA) is 35.5 Å². The van der Waals surface area contributed by atoms with Crippen LogP contribution in [0.25, 0.3) is 0 Å². The molecule has 1 atom stereocenters. The fourth-order valence-corrected chi connectivity index (χ4v) is 1.60. The first-order valence-corrected chi connectivity index (χ1v) is 5.69.